The summed E-state index contributed by atoms with van der Waals surface area (Å²) < 4.78 is 39.7. The summed E-state index contributed by atoms with van der Waals surface area (Å²) in [5, 5.41) is 8.76. The van der Waals surface area contributed by atoms with Crippen molar-refractivity contribution in [1.29, 1.82) is 0 Å². The van der Waals surface area contributed by atoms with Crippen LogP contribution in [0.25, 0.3) is 11.3 Å². The summed E-state index contributed by atoms with van der Waals surface area (Å²) in [6, 6.07) is 3.22. The number of benzene rings is 1. The Bertz CT molecular complexity index is 605. The third-order valence-corrected chi connectivity index (χ3v) is 2.27. The fourth-order valence-electron chi connectivity index (χ4n) is 1.49. The highest BCUT2D eigenvalue weighted by atomic mass is 19.1. The van der Waals surface area contributed by atoms with Gasteiger partial charge in [-0.3, -0.25) is 4.98 Å². The first-order valence-corrected chi connectivity index (χ1v) is 4.83. The predicted octanol–water partition coefficient (Wildman–Crippen LogP) is 2.86. The maximum atomic E-state index is 13.5. The second kappa shape index (κ2) is 4.48. The van der Waals surface area contributed by atoms with E-state index in [0.717, 1.165) is 12.3 Å². The summed E-state index contributed by atoms with van der Waals surface area (Å²) in [5.74, 6) is -4.57. The Hall–Kier alpha value is -2.37. The van der Waals surface area contributed by atoms with Gasteiger partial charge in [-0.15, -0.1) is 0 Å². The van der Waals surface area contributed by atoms with Crippen LogP contribution in [0, 0.1) is 17.5 Å². The van der Waals surface area contributed by atoms with Gasteiger partial charge in [-0.2, -0.15) is 0 Å². The minimum Gasteiger partial charge on any atom is -0.478 e. The Morgan fingerprint density at radius 2 is 1.72 bits per heavy atom. The SMILES string of the molecule is O=C(O)c1ccnc(-c2c(F)cc(F)cc2F)c1. The molecule has 0 amide bonds. The van der Waals surface area contributed by atoms with Crippen molar-refractivity contribution < 1.29 is 23.1 Å². The van der Waals surface area contributed by atoms with Crippen LogP contribution in [0.4, 0.5) is 13.2 Å². The van der Waals surface area contributed by atoms with Gasteiger partial charge in [0, 0.05) is 18.3 Å². The maximum absolute atomic E-state index is 13.5. The van der Waals surface area contributed by atoms with Gasteiger partial charge in [-0.25, -0.2) is 18.0 Å². The van der Waals surface area contributed by atoms with Gasteiger partial charge in [0.25, 0.3) is 0 Å². The molecule has 0 spiro atoms. The first-order valence-electron chi connectivity index (χ1n) is 4.83. The second-order valence-electron chi connectivity index (χ2n) is 3.48. The molecule has 0 radical (unpaired) electrons. The topological polar surface area (TPSA) is 50.2 Å². The normalized spacial score (nSPS) is 10.4. The molecule has 92 valence electrons. The van der Waals surface area contributed by atoms with Gasteiger partial charge >= 0.3 is 5.97 Å². The fourth-order valence-corrected chi connectivity index (χ4v) is 1.49. The molecule has 0 bridgehead atoms. The van der Waals surface area contributed by atoms with E-state index < -0.39 is 29.0 Å². The number of carboxylic acids is 1. The zero-order chi connectivity index (χ0) is 13.3. The molecule has 0 aliphatic rings. The molecule has 0 aliphatic heterocycles. The summed E-state index contributed by atoms with van der Waals surface area (Å²) in [6.07, 6.45) is 1.11. The van der Waals surface area contributed by atoms with Gasteiger partial charge in [0.15, 0.2) is 0 Å². The van der Waals surface area contributed by atoms with Crippen molar-refractivity contribution in [1.82, 2.24) is 4.98 Å². The molecular weight excluding hydrogens is 247 g/mol. The highest BCUT2D eigenvalue weighted by molar-refractivity contribution is 5.88. The van der Waals surface area contributed by atoms with Crippen molar-refractivity contribution in [3.63, 3.8) is 0 Å². The van der Waals surface area contributed by atoms with Gasteiger partial charge in [0.2, 0.25) is 0 Å². The van der Waals surface area contributed by atoms with Gasteiger partial charge in [0.1, 0.15) is 17.5 Å². The summed E-state index contributed by atoms with van der Waals surface area (Å²) in [6.45, 7) is 0. The zero-order valence-corrected chi connectivity index (χ0v) is 8.82. The number of carbonyl (C=O) groups is 1. The smallest absolute Gasteiger partial charge is 0.335 e. The molecule has 0 saturated carbocycles. The molecule has 1 aromatic heterocycles. The number of pyridine rings is 1. The van der Waals surface area contributed by atoms with Crippen LogP contribution in [0.15, 0.2) is 30.5 Å². The molecule has 18 heavy (non-hydrogen) atoms. The van der Waals surface area contributed by atoms with Crippen LogP contribution in [0.2, 0.25) is 0 Å². The standard InChI is InChI=1S/C12H6F3NO2/c13-7-4-8(14)11(9(15)5-7)10-3-6(12(17)18)1-2-16-10/h1-5H,(H,17,18). The highest BCUT2D eigenvalue weighted by Gasteiger charge is 2.16. The van der Waals surface area contributed by atoms with Crippen LogP contribution in [-0.2, 0) is 0 Å². The van der Waals surface area contributed by atoms with Gasteiger partial charge in [-0.1, -0.05) is 0 Å². The number of nitrogens with zero attached hydrogens (tertiary/aromatic N) is 1. The number of halogens is 3. The minimum absolute atomic E-state index is 0.164. The molecule has 3 nitrogen and oxygen atoms in total. The zero-order valence-electron chi connectivity index (χ0n) is 8.82. The quantitative estimate of drug-likeness (QED) is 0.895. The molecule has 1 N–H and O–H groups in total. The first-order chi connectivity index (χ1) is 8.49. The van der Waals surface area contributed by atoms with E-state index in [1.54, 1.807) is 0 Å². The van der Waals surface area contributed by atoms with Crippen LogP contribution in [0.5, 0.6) is 0 Å². The van der Waals surface area contributed by atoms with Crippen molar-refractivity contribution in [2.45, 2.75) is 0 Å². The van der Waals surface area contributed by atoms with Crippen LogP contribution in [0.1, 0.15) is 10.4 Å². The Kier molecular flexibility index (Phi) is 3.01. The van der Waals surface area contributed by atoms with Crippen LogP contribution < -0.4 is 0 Å². The number of hydrogen-bond donors (Lipinski definition) is 1. The minimum atomic E-state index is -1.25. The highest BCUT2D eigenvalue weighted by Crippen LogP contribution is 2.25. The number of hydrogen-bond acceptors (Lipinski definition) is 2. The van der Waals surface area contributed by atoms with Crippen LogP contribution >= 0.6 is 0 Å². The molecule has 2 rings (SSSR count). The van der Waals surface area contributed by atoms with E-state index in [4.69, 9.17) is 5.11 Å². The van der Waals surface area contributed by atoms with Crippen molar-refractivity contribution in [2.24, 2.45) is 0 Å². The van der Waals surface area contributed by atoms with Crippen molar-refractivity contribution in [2.75, 3.05) is 0 Å². The Balaban J connectivity index is 2.62. The van der Waals surface area contributed by atoms with E-state index >= 15 is 0 Å². The van der Waals surface area contributed by atoms with Crippen LogP contribution in [0.3, 0.4) is 0 Å². The molecule has 6 heteroatoms. The van der Waals surface area contributed by atoms with Crippen molar-refractivity contribution in [3.05, 3.63) is 53.5 Å². The molecule has 2 aromatic rings. The number of carboxylic acid groups (broad SMARTS) is 1. The summed E-state index contributed by atoms with van der Waals surface area (Å²) in [4.78, 5) is 14.4. The second-order valence-corrected chi connectivity index (χ2v) is 3.48. The lowest BCUT2D eigenvalue weighted by molar-refractivity contribution is 0.0697. The van der Waals surface area contributed by atoms with E-state index in [1.807, 2.05) is 0 Å². The monoisotopic (exact) mass is 253 g/mol. The van der Waals surface area contributed by atoms with Crippen molar-refractivity contribution in [3.8, 4) is 11.3 Å². The molecule has 0 aliphatic carbocycles. The predicted molar refractivity (Wildman–Crippen MR) is 56.5 cm³/mol. The number of rotatable bonds is 2. The third kappa shape index (κ3) is 2.17. The molecule has 0 atom stereocenters. The third-order valence-electron chi connectivity index (χ3n) is 2.27. The Morgan fingerprint density at radius 3 is 2.28 bits per heavy atom. The van der Waals surface area contributed by atoms with E-state index in [9.17, 15) is 18.0 Å². The van der Waals surface area contributed by atoms with E-state index in [-0.39, 0.29) is 11.3 Å². The molecule has 1 heterocycles. The lowest BCUT2D eigenvalue weighted by Gasteiger charge is -2.05. The average molecular weight is 253 g/mol. The first kappa shape index (κ1) is 12.1. The number of aromatic carboxylic acids is 1. The van der Waals surface area contributed by atoms with E-state index in [2.05, 4.69) is 4.98 Å². The lowest BCUT2D eigenvalue weighted by Crippen LogP contribution is -1.99. The molecule has 1 aromatic carbocycles. The van der Waals surface area contributed by atoms with E-state index in [1.165, 1.54) is 6.07 Å². The molecule has 0 fully saturated rings. The Labute approximate surface area is 99.5 Å². The van der Waals surface area contributed by atoms with Gasteiger partial charge in [0.05, 0.1) is 16.8 Å². The average Bonchev–Trinajstić information content (AvgIpc) is 2.28. The lowest BCUT2D eigenvalue weighted by atomic mass is 10.1. The summed E-state index contributed by atoms with van der Waals surface area (Å²) in [7, 11) is 0. The van der Waals surface area contributed by atoms with E-state index in [0.29, 0.717) is 12.1 Å². The fraction of sp³-hybridized carbons (Fsp3) is 0. The van der Waals surface area contributed by atoms with Crippen LogP contribution in [-0.4, -0.2) is 16.1 Å². The molecular formula is C12H6F3NO2. The van der Waals surface area contributed by atoms with Gasteiger partial charge in [-0.05, 0) is 12.1 Å². The summed E-state index contributed by atoms with van der Waals surface area (Å²) in [5.41, 5.74) is -0.924. The van der Waals surface area contributed by atoms with Gasteiger partial charge < -0.3 is 5.11 Å². The largest absolute Gasteiger partial charge is 0.478 e. The summed E-state index contributed by atoms with van der Waals surface area (Å²) >= 11 is 0. The molecule has 0 unspecified atom stereocenters. The Morgan fingerprint density at radius 1 is 1.11 bits per heavy atom. The van der Waals surface area contributed by atoms with Crippen molar-refractivity contribution >= 4 is 5.97 Å². The number of aromatic nitrogens is 1. The molecule has 0 saturated heterocycles. The maximum Gasteiger partial charge on any atom is 0.335 e.